The third-order valence-electron chi connectivity index (χ3n) is 4.78. The second-order valence-electron chi connectivity index (χ2n) is 6.30. The number of benzene rings is 1. The molecule has 2 atom stereocenters. The lowest BCUT2D eigenvalue weighted by Crippen LogP contribution is -2.57. The summed E-state index contributed by atoms with van der Waals surface area (Å²) < 4.78 is 0. The number of likely N-dealkylation sites (tertiary alicyclic amines) is 1. The third kappa shape index (κ3) is 3.75. The highest BCUT2D eigenvalue weighted by atomic mass is 15.2. The van der Waals surface area contributed by atoms with Gasteiger partial charge in [0.1, 0.15) is 0 Å². The Morgan fingerprint density at radius 2 is 1.90 bits per heavy atom. The number of nitrogens with two attached hydrogens (primary N) is 1. The van der Waals surface area contributed by atoms with Crippen LogP contribution in [-0.2, 0) is 5.54 Å². The van der Waals surface area contributed by atoms with Crippen LogP contribution in [0.15, 0.2) is 43.0 Å². The topological polar surface area (TPSA) is 29.3 Å². The summed E-state index contributed by atoms with van der Waals surface area (Å²) in [4.78, 5) is 2.63. The number of hydrogen-bond donors (Lipinski definition) is 1. The molecule has 0 spiro atoms. The van der Waals surface area contributed by atoms with Gasteiger partial charge in [-0.25, -0.2) is 0 Å². The van der Waals surface area contributed by atoms with Crippen molar-refractivity contribution in [2.45, 2.75) is 57.0 Å². The van der Waals surface area contributed by atoms with Gasteiger partial charge in [0.05, 0.1) is 5.54 Å². The second-order valence-corrected chi connectivity index (χ2v) is 6.30. The van der Waals surface area contributed by atoms with Crippen LogP contribution >= 0.6 is 0 Å². The third-order valence-corrected chi connectivity index (χ3v) is 4.78. The highest BCUT2D eigenvalue weighted by Gasteiger charge is 2.38. The van der Waals surface area contributed by atoms with E-state index in [1.807, 2.05) is 6.08 Å². The predicted molar refractivity (Wildman–Crippen MR) is 91.2 cm³/mol. The quantitative estimate of drug-likeness (QED) is 0.766. The molecule has 2 unspecified atom stereocenters. The molecule has 2 nitrogen and oxygen atoms in total. The van der Waals surface area contributed by atoms with Gasteiger partial charge in [0.15, 0.2) is 0 Å². The Morgan fingerprint density at radius 1 is 1.24 bits per heavy atom. The van der Waals surface area contributed by atoms with E-state index in [4.69, 9.17) is 5.73 Å². The predicted octanol–water partition coefficient (Wildman–Crippen LogP) is 4.07. The van der Waals surface area contributed by atoms with Crippen LogP contribution < -0.4 is 5.73 Å². The molecule has 0 aromatic heterocycles. The number of hydrogen-bond acceptors (Lipinski definition) is 2. The monoisotopic (exact) mass is 286 g/mol. The fourth-order valence-electron chi connectivity index (χ4n) is 3.70. The van der Waals surface area contributed by atoms with Crippen molar-refractivity contribution in [1.82, 2.24) is 4.90 Å². The van der Waals surface area contributed by atoms with E-state index in [9.17, 15) is 0 Å². The zero-order valence-corrected chi connectivity index (χ0v) is 13.4. The molecule has 1 aliphatic rings. The van der Waals surface area contributed by atoms with Crippen LogP contribution in [0.5, 0.6) is 0 Å². The summed E-state index contributed by atoms with van der Waals surface area (Å²) in [6.07, 6.45) is 9.11. The lowest BCUT2D eigenvalue weighted by atomic mass is 9.77. The van der Waals surface area contributed by atoms with Gasteiger partial charge in [-0.05, 0) is 44.3 Å². The summed E-state index contributed by atoms with van der Waals surface area (Å²) in [5.41, 5.74) is 7.90. The maximum Gasteiger partial charge on any atom is 0.0602 e. The van der Waals surface area contributed by atoms with Crippen molar-refractivity contribution >= 4 is 0 Å². The van der Waals surface area contributed by atoms with Gasteiger partial charge >= 0.3 is 0 Å². The summed E-state index contributed by atoms with van der Waals surface area (Å²) in [6, 6.07) is 11.0. The summed E-state index contributed by atoms with van der Waals surface area (Å²) >= 11 is 0. The zero-order chi connectivity index (χ0) is 15.1. The molecule has 0 saturated carbocycles. The van der Waals surface area contributed by atoms with Crippen molar-refractivity contribution in [3.05, 3.63) is 48.6 Å². The van der Waals surface area contributed by atoms with Crippen molar-refractivity contribution in [2.75, 3.05) is 13.1 Å². The van der Waals surface area contributed by atoms with Crippen molar-refractivity contribution in [3.8, 4) is 0 Å². The van der Waals surface area contributed by atoms with Crippen LogP contribution in [0.4, 0.5) is 0 Å². The first-order chi connectivity index (χ1) is 10.2. The van der Waals surface area contributed by atoms with E-state index >= 15 is 0 Å². The standard InChI is InChI=1S/C19H30N2/c1-3-11-18(21-15-9-6-10-16-21)19(20,14-4-2)17-12-7-5-8-13-17/h4-5,7-8,12-13,18H,2-3,6,9-11,14-16,20H2,1H3. The van der Waals surface area contributed by atoms with Gasteiger partial charge in [-0.15, -0.1) is 6.58 Å². The average Bonchev–Trinajstić information content (AvgIpc) is 2.54. The van der Waals surface area contributed by atoms with E-state index in [-0.39, 0.29) is 5.54 Å². The highest BCUT2D eigenvalue weighted by molar-refractivity contribution is 5.27. The molecule has 2 heteroatoms. The molecular formula is C19H30N2. The first kappa shape index (κ1) is 16.3. The molecular weight excluding hydrogens is 256 g/mol. The van der Waals surface area contributed by atoms with Crippen LogP contribution in [-0.4, -0.2) is 24.0 Å². The molecule has 0 radical (unpaired) electrons. The zero-order valence-electron chi connectivity index (χ0n) is 13.4. The van der Waals surface area contributed by atoms with E-state index in [0.717, 1.165) is 12.8 Å². The molecule has 2 rings (SSSR count). The Hall–Kier alpha value is -1.12. The molecule has 1 heterocycles. The van der Waals surface area contributed by atoms with E-state index in [2.05, 4.69) is 48.7 Å². The van der Waals surface area contributed by atoms with Crippen LogP contribution in [0.3, 0.4) is 0 Å². The van der Waals surface area contributed by atoms with Crippen molar-refractivity contribution in [1.29, 1.82) is 0 Å². The van der Waals surface area contributed by atoms with Crippen LogP contribution in [0.2, 0.25) is 0 Å². The first-order valence-electron chi connectivity index (χ1n) is 8.41. The van der Waals surface area contributed by atoms with Gasteiger partial charge in [0.2, 0.25) is 0 Å². The average molecular weight is 286 g/mol. The van der Waals surface area contributed by atoms with Gasteiger partial charge < -0.3 is 5.73 Å². The highest BCUT2D eigenvalue weighted by Crippen LogP contribution is 2.33. The first-order valence-corrected chi connectivity index (χ1v) is 8.41. The summed E-state index contributed by atoms with van der Waals surface area (Å²) in [5.74, 6) is 0. The SMILES string of the molecule is C=CCC(N)(c1ccccc1)C(CCC)N1CCCCC1. The van der Waals surface area contributed by atoms with Gasteiger partial charge in [-0.1, -0.05) is 56.2 Å². The molecule has 1 saturated heterocycles. The van der Waals surface area contributed by atoms with Crippen LogP contribution in [0.25, 0.3) is 0 Å². The molecule has 1 aromatic carbocycles. The molecule has 0 aliphatic carbocycles. The Balaban J connectivity index is 2.33. The molecule has 21 heavy (non-hydrogen) atoms. The van der Waals surface area contributed by atoms with Gasteiger partial charge in [-0.3, -0.25) is 4.90 Å². The molecule has 1 aromatic rings. The smallest absolute Gasteiger partial charge is 0.0602 e. The Morgan fingerprint density at radius 3 is 2.48 bits per heavy atom. The summed E-state index contributed by atoms with van der Waals surface area (Å²) in [6.45, 7) is 8.60. The number of rotatable bonds is 7. The minimum absolute atomic E-state index is 0.323. The lowest BCUT2D eigenvalue weighted by molar-refractivity contribution is 0.0890. The number of nitrogens with zero attached hydrogens (tertiary/aromatic N) is 1. The van der Waals surface area contributed by atoms with Gasteiger partial charge in [0, 0.05) is 6.04 Å². The van der Waals surface area contributed by atoms with Crippen molar-refractivity contribution in [3.63, 3.8) is 0 Å². The maximum atomic E-state index is 6.98. The summed E-state index contributed by atoms with van der Waals surface area (Å²) in [7, 11) is 0. The Labute approximate surface area is 130 Å². The lowest BCUT2D eigenvalue weighted by Gasteiger charge is -2.45. The minimum Gasteiger partial charge on any atom is -0.320 e. The van der Waals surface area contributed by atoms with E-state index in [1.54, 1.807) is 0 Å². The fraction of sp³-hybridized carbons (Fsp3) is 0.579. The number of piperidine rings is 1. The summed E-state index contributed by atoms with van der Waals surface area (Å²) in [5, 5.41) is 0. The largest absolute Gasteiger partial charge is 0.320 e. The molecule has 0 amide bonds. The van der Waals surface area contributed by atoms with Crippen LogP contribution in [0.1, 0.15) is 51.0 Å². The van der Waals surface area contributed by atoms with Crippen molar-refractivity contribution < 1.29 is 0 Å². The van der Waals surface area contributed by atoms with E-state index in [0.29, 0.717) is 6.04 Å². The molecule has 2 N–H and O–H groups in total. The second kappa shape index (κ2) is 7.77. The fourth-order valence-corrected chi connectivity index (χ4v) is 3.70. The van der Waals surface area contributed by atoms with Crippen molar-refractivity contribution in [2.24, 2.45) is 5.73 Å². The van der Waals surface area contributed by atoms with Gasteiger partial charge in [-0.2, -0.15) is 0 Å². The van der Waals surface area contributed by atoms with Crippen LogP contribution in [0, 0.1) is 0 Å². The maximum absolute atomic E-state index is 6.98. The van der Waals surface area contributed by atoms with Gasteiger partial charge in [0.25, 0.3) is 0 Å². The Bertz CT molecular complexity index is 422. The molecule has 1 aliphatic heterocycles. The minimum atomic E-state index is -0.323. The van der Waals surface area contributed by atoms with E-state index < -0.39 is 0 Å². The Kier molecular flexibility index (Phi) is 6.01. The molecule has 116 valence electrons. The normalized spacial score (nSPS) is 20.7. The van der Waals surface area contributed by atoms with E-state index in [1.165, 1.54) is 44.3 Å². The molecule has 0 bridgehead atoms. The molecule has 1 fully saturated rings.